The molecular weight excluding hydrogens is 345 g/mol. The van der Waals surface area contributed by atoms with Crippen molar-refractivity contribution in [2.75, 3.05) is 11.9 Å². The Balaban J connectivity index is 2.38. The third-order valence-corrected chi connectivity index (χ3v) is 3.28. The molecule has 0 radical (unpaired) electrons. The van der Waals surface area contributed by atoms with E-state index < -0.39 is 4.92 Å². The fourth-order valence-electron chi connectivity index (χ4n) is 1.63. The van der Waals surface area contributed by atoms with E-state index in [-0.39, 0.29) is 23.1 Å². The largest absolute Gasteiger partial charge is 0.438 e. The van der Waals surface area contributed by atoms with E-state index in [1.807, 2.05) is 6.92 Å². The average molecular weight is 356 g/mol. The fourth-order valence-corrected chi connectivity index (χ4v) is 2.16. The van der Waals surface area contributed by atoms with Crippen LogP contribution >= 0.6 is 15.9 Å². The number of halogens is 2. The number of hydrogen-bond acceptors (Lipinski definition) is 5. The van der Waals surface area contributed by atoms with Crippen molar-refractivity contribution in [3.8, 4) is 11.6 Å². The third kappa shape index (κ3) is 3.46. The predicted molar refractivity (Wildman–Crippen MR) is 79.2 cm³/mol. The summed E-state index contributed by atoms with van der Waals surface area (Å²) in [6, 6.07) is 5.38. The number of aromatic nitrogens is 1. The van der Waals surface area contributed by atoms with Crippen LogP contribution in [0, 0.1) is 15.9 Å². The van der Waals surface area contributed by atoms with Crippen molar-refractivity contribution in [1.29, 1.82) is 0 Å². The Kier molecular flexibility index (Phi) is 4.69. The maximum absolute atomic E-state index is 12.8. The molecule has 0 fully saturated rings. The molecule has 0 atom stereocenters. The van der Waals surface area contributed by atoms with Crippen LogP contribution in [-0.2, 0) is 0 Å². The zero-order valence-electron chi connectivity index (χ0n) is 11.0. The minimum atomic E-state index is -0.530. The lowest BCUT2D eigenvalue weighted by Crippen LogP contribution is -2.04. The molecule has 0 saturated carbocycles. The lowest BCUT2D eigenvalue weighted by Gasteiger charge is -2.11. The van der Waals surface area contributed by atoms with E-state index in [4.69, 9.17) is 4.74 Å². The molecule has 1 N–H and O–H groups in total. The zero-order valence-corrected chi connectivity index (χ0v) is 12.6. The number of pyridine rings is 1. The van der Waals surface area contributed by atoms with Gasteiger partial charge in [-0.15, -0.1) is 0 Å². The second-order valence-electron chi connectivity index (χ2n) is 3.98. The maximum Gasteiger partial charge on any atom is 0.311 e. The Morgan fingerprint density at radius 1 is 1.43 bits per heavy atom. The number of nitrogens with zero attached hydrogens (tertiary/aromatic N) is 2. The molecule has 110 valence electrons. The van der Waals surface area contributed by atoms with Gasteiger partial charge in [0.25, 0.3) is 0 Å². The van der Waals surface area contributed by atoms with Crippen molar-refractivity contribution >= 4 is 27.3 Å². The summed E-state index contributed by atoms with van der Waals surface area (Å²) in [5.41, 5.74) is 0.129. The minimum absolute atomic E-state index is 0.156. The van der Waals surface area contributed by atoms with Crippen molar-refractivity contribution < 1.29 is 14.1 Å². The number of ether oxygens (including phenoxy) is 1. The Morgan fingerprint density at radius 3 is 2.67 bits per heavy atom. The number of rotatable bonds is 5. The summed E-state index contributed by atoms with van der Waals surface area (Å²) in [4.78, 5) is 14.4. The number of nitro groups is 1. The SMILES string of the molecule is CCNc1c([N+](=O)[O-])cnc(Oc2ccc(F)cc2)c1Br. The number of nitrogens with one attached hydrogen (secondary N) is 1. The summed E-state index contributed by atoms with van der Waals surface area (Å²) in [7, 11) is 0. The topological polar surface area (TPSA) is 77.3 Å². The molecule has 21 heavy (non-hydrogen) atoms. The molecule has 0 aliphatic rings. The molecule has 6 nitrogen and oxygen atoms in total. The summed E-state index contributed by atoms with van der Waals surface area (Å²) in [6.07, 6.45) is 1.11. The molecule has 0 unspecified atom stereocenters. The average Bonchev–Trinajstić information content (AvgIpc) is 2.45. The van der Waals surface area contributed by atoms with E-state index in [0.29, 0.717) is 16.8 Å². The highest BCUT2D eigenvalue weighted by atomic mass is 79.9. The maximum atomic E-state index is 12.8. The van der Waals surface area contributed by atoms with E-state index in [1.165, 1.54) is 24.3 Å². The van der Waals surface area contributed by atoms with Gasteiger partial charge in [-0.2, -0.15) is 0 Å². The summed E-state index contributed by atoms with van der Waals surface area (Å²) in [5.74, 6) is 0.149. The van der Waals surface area contributed by atoms with Gasteiger partial charge in [0.15, 0.2) is 0 Å². The van der Waals surface area contributed by atoms with Gasteiger partial charge in [0.05, 0.1) is 4.92 Å². The number of benzene rings is 1. The summed E-state index contributed by atoms with van der Waals surface area (Å²) < 4.78 is 18.7. The second kappa shape index (κ2) is 6.49. The molecule has 1 aromatic carbocycles. The summed E-state index contributed by atoms with van der Waals surface area (Å²) in [6.45, 7) is 2.32. The van der Waals surface area contributed by atoms with E-state index in [0.717, 1.165) is 6.20 Å². The van der Waals surface area contributed by atoms with E-state index in [9.17, 15) is 14.5 Å². The molecule has 0 aliphatic heterocycles. The fraction of sp³-hybridized carbons (Fsp3) is 0.154. The van der Waals surface area contributed by atoms with Crippen LogP contribution in [0.2, 0.25) is 0 Å². The van der Waals surface area contributed by atoms with Crippen molar-refractivity contribution in [3.63, 3.8) is 0 Å². The van der Waals surface area contributed by atoms with Crippen molar-refractivity contribution in [1.82, 2.24) is 4.98 Å². The van der Waals surface area contributed by atoms with Gasteiger partial charge in [0.1, 0.15) is 27.9 Å². The molecule has 2 aromatic rings. The van der Waals surface area contributed by atoms with Gasteiger partial charge in [0.2, 0.25) is 5.88 Å². The quantitative estimate of drug-likeness (QED) is 0.644. The first kappa shape index (κ1) is 15.2. The lowest BCUT2D eigenvalue weighted by atomic mass is 10.3. The van der Waals surface area contributed by atoms with Gasteiger partial charge < -0.3 is 10.1 Å². The third-order valence-electron chi connectivity index (χ3n) is 2.55. The van der Waals surface area contributed by atoms with Gasteiger partial charge in [-0.3, -0.25) is 10.1 Å². The van der Waals surface area contributed by atoms with E-state index in [2.05, 4.69) is 26.2 Å². The second-order valence-corrected chi connectivity index (χ2v) is 4.77. The highest BCUT2D eigenvalue weighted by Gasteiger charge is 2.21. The highest BCUT2D eigenvalue weighted by molar-refractivity contribution is 9.10. The smallest absolute Gasteiger partial charge is 0.311 e. The Labute approximate surface area is 128 Å². The lowest BCUT2D eigenvalue weighted by molar-refractivity contribution is -0.384. The molecule has 1 heterocycles. The highest BCUT2D eigenvalue weighted by Crippen LogP contribution is 2.39. The molecule has 0 bridgehead atoms. The first-order valence-electron chi connectivity index (χ1n) is 6.03. The minimum Gasteiger partial charge on any atom is -0.438 e. The van der Waals surface area contributed by atoms with Crippen molar-refractivity contribution in [2.24, 2.45) is 0 Å². The summed E-state index contributed by atoms with van der Waals surface area (Å²) in [5, 5.41) is 13.9. The van der Waals surface area contributed by atoms with Crippen LogP contribution in [-0.4, -0.2) is 16.5 Å². The standard InChI is InChI=1S/C13H11BrFN3O3/c1-2-16-12-10(18(19)20)7-17-13(11(12)14)21-9-5-3-8(15)4-6-9/h3-7H,2H2,1H3,(H,16,17). The van der Waals surface area contributed by atoms with Gasteiger partial charge in [-0.05, 0) is 47.1 Å². The van der Waals surface area contributed by atoms with Crippen molar-refractivity contribution in [3.05, 3.63) is 50.9 Å². The van der Waals surface area contributed by atoms with E-state index in [1.54, 1.807) is 0 Å². The Morgan fingerprint density at radius 2 is 2.10 bits per heavy atom. The molecular formula is C13H11BrFN3O3. The summed E-state index contributed by atoms with van der Waals surface area (Å²) >= 11 is 3.24. The predicted octanol–water partition coefficient (Wildman–Crippen LogP) is 4.12. The van der Waals surface area contributed by atoms with Crippen LogP contribution < -0.4 is 10.1 Å². The van der Waals surface area contributed by atoms with Gasteiger partial charge in [-0.25, -0.2) is 9.37 Å². The van der Waals surface area contributed by atoms with Gasteiger partial charge >= 0.3 is 5.69 Å². The molecule has 1 aromatic heterocycles. The molecule has 0 aliphatic carbocycles. The van der Waals surface area contributed by atoms with E-state index >= 15 is 0 Å². The van der Waals surface area contributed by atoms with Gasteiger partial charge in [0, 0.05) is 6.54 Å². The first-order valence-corrected chi connectivity index (χ1v) is 6.82. The van der Waals surface area contributed by atoms with Crippen LogP contribution in [0.5, 0.6) is 11.6 Å². The van der Waals surface area contributed by atoms with Crippen LogP contribution in [0.25, 0.3) is 0 Å². The van der Waals surface area contributed by atoms with Crippen LogP contribution in [0.3, 0.4) is 0 Å². The molecule has 0 amide bonds. The Hall–Kier alpha value is -2.22. The van der Waals surface area contributed by atoms with Crippen LogP contribution in [0.4, 0.5) is 15.8 Å². The van der Waals surface area contributed by atoms with Crippen molar-refractivity contribution in [2.45, 2.75) is 6.92 Å². The molecule has 0 saturated heterocycles. The van der Waals surface area contributed by atoms with Crippen LogP contribution in [0.1, 0.15) is 6.92 Å². The monoisotopic (exact) mass is 355 g/mol. The van der Waals surface area contributed by atoms with Crippen LogP contribution in [0.15, 0.2) is 34.9 Å². The molecule has 0 spiro atoms. The number of anilines is 1. The van der Waals surface area contributed by atoms with Gasteiger partial charge in [-0.1, -0.05) is 0 Å². The molecule has 8 heteroatoms. The normalized spacial score (nSPS) is 10.2. The molecule has 2 rings (SSSR count). The number of hydrogen-bond donors (Lipinski definition) is 1. The first-order chi connectivity index (χ1) is 10.0. The Bertz CT molecular complexity index is 664. The zero-order chi connectivity index (χ0) is 15.4.